The van der Waals surface area contributed by atoms with Crippen molar-refractivity contribution in [3.8, 4) is 5.69 Å². The van der Waals surface area contributed by atoms with Gasteiger partial charge in [0.25, 0.3) is 0 Å². The van der Waals surface area contributed by atoms with Gasteiger partial charge in [-0.1, -0.05) is 24.3 Å². The lowest BCUT2D eigenvalue weighted by molar-refractivity contribution is -0.936. The quantitative estimate of drug-likeness (QED) is 0.718. The molecule has 2 heterocycles. The standard InChI is InChI=1S/C21H25N3OS/c1-15-7-6-8-18(11-15)24-20-10-5-4-9-19(20)23(21(24)26)14-22-12-16(2)25-17(3)13-22/h4-11,16-17H,12-14H2,1-3H3/p+1/t16-,17-/m0/s1. The van der Waals surface area contributed by atoms with Crippen LogP contribution in [-0.2, 0) is 11.4 Å². The summed E-state index contributed by atoms with van der Waals surface area (Å²) in [6.07, 6.45) is 0.570. The van der Waals surface area contributed by atoms with Gasteiger partial charge in [-0.05, 0) is 62.8 Å². The molecule has 0 bridgehead atoms. The van der Waals surface area contributed by atoms with Crippen molar-refractivity contribution in [2.24, 2.45) is 0 Å². The molecule has 1 saturated heterocycles. The van der Waals surface area contributed by atoms with E-state index in [0.29, 0.717) is 0 Å². The van der Waals surface area contributed by atoms with Gasteiger partial charge in [0.2, 0.25) is 0 Å². The van der Waals surface area contributed by atoms with Crippen LogP contribution in [0.5, 0.6) is 0 Å². The number of rotatable bonds is 3. The van der Waals surface area contributed by atoms with Crippen LogP contribution in [0, 0.1) is 11.7 Å². The lowest BCUT2D eigenvalue weighted by Crippen LogP contribution is -3.14. The molecule has 2 aromatic carbocycles. The molecule has 4 nitrogen and oxygen atoms in total. The fourth-order valence-electron chi connectivity index (χ4n) is 4.12. The van der Waals surface area contributed by atoms with Crippen molar-refractivity contribution in [2.75, 3.05) is 13.1 Å². The minimum absolute atomic E-state index is 0.285. The number of ether oxygens (including phenoxy) is 1. The topological polar surface area (TPSA) is 23.5 Å². The van der Waals surface area contributed by atoms with Gasteiger partial charge in [-0.25, -0.2) is 0 Å². The first-order valence-electron chi connectivity index (χ1n) is 9.29. The first kappa shape index (κ1) is 17.5. The number of hydrogen-bond donors (Lipinski definition) is 1. The molecular weight excluding hydrogens is 342 g/mol. The molecule has 0 amide bonds. The molecule has 0 saturated carbocycles. The minimum atomic E-state index is 0.285. The van der Waals surface area contributed by atoms with E-state index < -0.39 is 0 Å². The molecule has 1 aliphatic rings. The average Bonchev–Trinajstić information content (AvgIpc) is 2.86. The Labute approximate surface area is 159 Å². The normalized spacial score (nSPS) is 23.4. The summed E-state index contributed by atoms with van der Waals surface area (Å²) in [5.41, 5.74) is 4.72. The van der Waals surface area contributed by atoms with Crippen molar-refractivity contribution >= 4 is 23.3 Å². The van der Waals surface area contributed by atoms with Crippen LogP contribution in [0.2, 0.25) is 0 Å². The van der Waals surface area contributed by atoms with Crippen LogP contribution in [0.25, 0.3) is 16.7 Å². The Hall–Kier alpha value is -1.95. The Morgan fingerprint density at radius 3 is 2.42 bits per heavy atom. The molecule has 4 rings (SSSR count). The van der Waals surface area contributed by atoms with E-state index in [0.717, 1.165) is 35.7 Å². The minimum Gasteiger partial charge on any atom is -0.364 e. The first-order chi connectivity index (χ1) is 12.5. The van der Waals surface area contributed by atoms with Crippen molar-refractivity contribution in [3.05, 3.63) is 58.9 Å². The largest absolute Gasteiger partial charge is 0.364 e. The molecule has 26 heavy (non-hydrogen) atoms. The first-order valence-corrected chi connectivity index (χ1v) is 9.70. The van der Waals surface area contributed by atoms with Crippen LogP contribution in [0.15, 0.2) is 48.5 Å². The molecule has 2 atom stereocenters. The SMILES string of the molecule is Cc1cccc(-n2c(=S)n(C[NH+]3C[C@H](C)O[C@@H](C)C3)c3ccccc32)c1. The van der Waals surface area contributed by atoms with Crippen molar-refractivity contribution < 1.29 is 9.64 Å². The van der Waals surface area contributed by atoms with Gasteiger partial charge in [-0.3, -0.25) is 9.13 Å². The highest BCUT2D eigenvalue weighted by atomic mass is 32.1. The number of imidazole rings is 1. The van der Waals surface area contributed by atoms with Gasteiger partial charge >= 0.3 is 0 Å². The Bertz CT molecular complexity index is 980. The van der Waals surface area contributed by atoms with Crippen molar-refractivity contribution in [3.63, 3.8) is 0 Å². The highest BCUT2D eigenvalue weighted by Gasteiger charge is 2.26. The molecule has 0 aliphatic carbocycles. The zero-order valence-corrected chi connectivity index (χ0v) is 16.4. The van der Waals surface area contributed by atoms with Gasteiger partial charge in [0.05, 0.1) is 11.0 Å². The number of aromatic nitrogens is 2. The number of aryl methyl sites for hydroxylation is 1. The van der Waals surface area contributed by atoms with Crippen molar-refractivity contribution in [1.82, 2.24) is 9.13 Å². The molecule has 0 radical (unpaired) electrons. The molecule has 3 aromatic rings. The summed E-state index contributed by atoms with van der Waals surface area (Å²) in [7, 11) is 0. The summed E-state index contributed by atoms with van der Waals surface area (Å²) in [4.78, 5) is 1.51. The van der Waals surface area contributed by atoms with E-state index in [1.165, 1.54) is 16.0 Å². The van der Waals surface area contributed by atoms with Gasteiger partial charge in [0, 0.05) is 5.69 Å². The molecular formula is C21H26N3OS+. The van der Waals surface area contributed by atoms with Crippen LogP contribution in [0.1, 0.15) is 19.4 Å². The molecule has 0 unspecified atom stereocenters. The van der Waals surface area contributed by atoms with Crippen LogP contribution < -0.4 is 4.90 Å². The maximum atomic E-state index is 5.93. The van der Waals surface area contributed by atoms with Crippen molar-refractivity contribution in [1.29, 1.82) is 0 Å². The number of benzene rings is 2. The number of nitrogens with one attached hydrogen (secondary N) is 1. The van der Waals surface area contributed by atoms with E-state index in [4.69, 9.17) is 17.0 Å². The maximum absolute atomic E-state index is 5.93. The smallest absolute Gasteiger partial charge is 0.189 e. The number of nitrogens with zero attached hydrogens (tertiary/aromatic N) is 2. The molecule has 5 heteroatoms. The van der Waals surface area contributed by atoms with Gasteiger partial charge in [-0.15, -0.1) is 0 Å². The number of hydrogen-bond acceptors (Lipinski definition) is 2. The van der Waals surface area contributed by atoms with Gasteiger partial charge in [0.15, 0.2) is 11.4 Å². The second kappa shape index (κ2) is 6.99. The predicted molar refractivity (Wildman–Crippen MR) is 108 cm³/mol. The molecule has 1 aliphatic heterocycles. The summed E-state index contributed by atoms with van der Waals surface area (Å²) in [6, 6.07) is 17.0. The Balaban J connectivity index is 1.81. The summed E-state index contributed by atoms with van der Waals surface area (Å²) in [5, 5.41) is 0. The molecule has 136 valence electrons. The maximum Gasteiger partial charge on any atom is 0.189 e. The van der Waals surface area contributed by atoms with Gasteiger partial charge in [0.1, 0.15) is 25.3 Å². The van der Waals surface area contributed by atoms with Gasteiger partial charge in [-0.2, -0.15) is 0 Å². The summed E-state index contributed by atoms with van der Waals surface area (Å²) >= 11 is 5.93. The Morgan fingerprint density at radius 1 is 1.04 bits per heavy atom. The van der Waals surface area contributed by atoms with E-state index in [2.05, 4.69) is 78.4 Å². The van der Waals surface area contributed by atoms with E-state index >= 15 is 0 Å². The Morgan fingerprint density at radius 2 is 1.73 bits per heavy atom. The van der Waals surface area contributed by atoms with E-state index in [9.17, 15) is 0 Å². The number of morpholine rings is 1. The lowest BCUT2D eigenvalue weighted by atomic mass is 10.2. The number of para-hydroxylation sites is 2. The summed E-state index contributed by atoms with van der Waals surface area (Å²) < 4.78 is 11.2. The molecule has 1 fully saturated rings. The second-order valence-electron chi connectivity index (χ2n) is 7.45. The van der Waals surface area contributed by atoms with E-state index in [1.807, 2.05) is 0 Å². The zero-order chi connectivity index (χ0) is 18.3. The van der Waals surface area contributed by atoms with Crippen LogP contribution in [-0.4, -0.2) is 34.4 Å². The van der Waals surface area contributed by atoms with E-state index in [-0.39, 0.29) is 12.2 Å². The Kier molecular flexibility index (Phi) is 4.69. The molecule has 1 aromatic heterocycles. The average molecular weight is 369 g/mol. The fourth-order valence-corrected chi connectivity index (χ4v) is 4.49. The molecule has 1 N–H and O–H groups in total. The summed E-state index contributed by atoms with van der Waals surface area (Å²) in [5.74, 6) is 0. The van der Waals surface area contributed by atoms with E-state index in [1.54, 1.807) is 0 Å². The van der Waals surface area contributed by atoms with Crippen LogP contribution in [0.3, 0.4) is 0 Å². The lowest BCUT2D eigenvalue weighted by Gasteiger charge is -2.32. The number of quaternary nitrogens is 1. The fraction of sp³-hybridized carbons (Fsp3) is 0.381. The second-order valence-corrected chi connectivity index (χ2v) is 7.81. The third-order valence-corrected chi connectivity index (χ3v) is 5.50. The highest BCUT2D eigenvalue weighted by Crippen LogP contribution is 2.22. The third-order valence-electron chi connectivity index (χ3n) is 5.09. The summed E-state index contributed by atoms with van der Waals surface area (Å²) in [6.45, 7) is 9.32. The monoisotopic (exact) mass is 368 g/mol. The van der Waals surface area contributed by atoms with Crippen LogP contribution in [0.4, 0.5) is 0 Å². The van der Waals surface area contributed by atoms with Crippen LogP contribution >= 0.6 is 12.2 Å². The highest BCUT2D eigenvalue weighted by molar-refractivity contribution is 7.71. The number of fused-ring (bicyclic) bond motifs is 1. The van der Waals surface area contributed by atoms with Crippen molar-refractivity contribution in [2.45, 2.75) is 39.6 Å². The zero-order valence-electron chi connectivity index (χ0n) is 15.6. The molecule has 0 spiro atoms. The third kappa shape index (κ3) is 3.22. The predicted octanol–water partition coefficient (Wildman–Crippen LogP) is 3.12. The van der Waals surface area contributed by atoms with Gasteiger partial charge < -0.3 is 9.64 Å².